The number of hydrogen-bond acceptors (Lipinski definition) is 1. The van der Waals surface area contributed by atoms with Crippen LogP contribution in [0.2, 0.25) is 0 Å². The maximum Gasteiger partial charge on any atom is -0.00258 e. The van der Waals surface area contributed by atoms with E-state index in [0.29, 0.717) is 0 Å². The van der Waals surface area contributed by atoms with E-state index >= 15 is 0 Å². The van der Waals surface area contributed by atoms with Gasteiger partial charge < -0.3 is 5.32 Å². The van der Waals surface area contributed by atoms with Crippen LogP contribution in [0.5, 0.6) is 0 Å². The van der Waals surface area contributed by atoms with Crippen LogP contribution < -0.4 is 5.32 Å². The van der Waals surface area contributed by atoms with Gasteiger partial charge in [0.2, 0.25) is 0 Å². The largest absolute Gasteiger partial charge is 0.316 e. The first-order valence-electron chi connectivity index (χ1n) is 6.78. The van der Waals surface area contributed by atoms with Crippen molar-refractivity contribution in [3.63, 3.8) is 0 Å². The fourth-order valence-electron chi connectivity index (χ4n) is 1.96. The van der Waals surface area contributed by atoms with Crippen molar-refractivity contribution in [3.8, 4) is 0 Å². The van der Waals surface area contributed by atoms with Crippen LogP contribution >= 0.6 is 0 Å². The second-order valence-corrected chi connectivity index (χ2v) is 5.53. The lowest BCUT2D eigenvalue weighted by molar-refractivity contribution is 0.320. The van der Waals surface area contributed by atoms with Crippen LogP contribution in [0.25, 0.3) is 0 Å². The number of nitrogens with one attached hydrogen (secondary N) is 1. The summed E-state index contributed by atoms with van der Waals surface area (Å²) in [5.74, 6) is 2.54. The van der Waals surface area contributed by atoms with Gasteiger partial charge in [0.15, 0.2) is 0 Å². The third-order valence-corrected chi connectivity index (χ3v) is 3.12. The summed E-state index contributed by atoms with van der Waals surface area (Å²) >= 11 is 0. The van der Waals surface area contributed by atoms with Gasteiger partial charge in [0.1, 0.15) is 0 Å². The van der Waals surface area contributed by atoms with Gasteiger partial charge in [0.25, 0.3) is 0 Å². The molecule has 0 aliphatic carbocycles. The highest BCUT2D eigenvalue weighted by molar-refractivity contribution is 4.65. The molecule has 0 aliphatic rings. The fraction of sp³-hybridized carbons (Fsp3) is 1.00. The van der Waals surface area contributed by atoms with Crippen LogP contribution in [0.15, 0.2) is 0 Å². The predicted molar refractivity (Wildman–Crippen MR) is 70.2 cm³/mol. The first-order valence-corrected chi connectivity index (χ1v) is 6.78. The van der Waals surface area contributed by atoms with Crippen molar-refractivity contribution in [2.75, 3.05) is 13.1 Å². The zero-order chi connectivity index (χ0) is 11.7. The number of rotatable bonds is 9. The average molecular weight is 213 g/mol. The first-order chi connectivity index (χ1) is 7.07. The maximum absolute atomic E-state index is 3.55. The predicted octanol–water partition coefficient (Wildman–Crippen LogP) is 4.08. The van der Waals surface area contributed by atoms with E-state index in [0.717, 1.165) is 17.8 Å². The third kappa shape index (κ3) is 8.92. The standard InChI is InChI=1S/C14H31N/c1-6-7-8-14(13(4)5)9-10-15-11-12(2)3/h12-15H,6-11H2,1-5H3. The molecule has 92 valence electrons. The molecule has 0 heterocycles. The molecule has 0 saturated carbocycles. The van der Waals surface area contributed by atoms with E-state index in [-0.39, 0.29) is 0 Å². The molecular formula is C14H31N. The van der Waals surface area contributed by atoms with Gasteiger partial charge in [-0.05, 0) is 37.3 Å². The molecule has 0 aromatic carbocycles. The van der Waals surface area contributed by atoms with E-state index in [4.69, 9.17) is 0 Å². The SMILES string of the molecule is CCCCC(CCNCC(C)C)C(C)C. The second-order valence-electron chi connectivity index (χ2n) is 5.53. The van der Waals surface area contributed by atoms with Gasteiger partial charge in [0.05, 0.1) is 0 Å². The Kier molecular flexibility index (Phi) is 9.18. The molecule has 1 heteroatoms. The van der Waals surface area contributed by atoms with E-state index in [1.165, 1.54) is 38.8 Å². The van der Waals surface area contributed by atoms with E-state index in [9.17, 15) is 0 Å². The molecule has 0 aliphatic heterocycles. The topological polar surface area (TPSA) is 12.0 Å². The van der Waals surface area contributed by atoms with Crippen molar-refractivity contribution in [1.29, 1.82) is 0 Å². The smallest absolute Gasteiger partial charge is 0.00258 e. The Balaban J connectivity index is 3.57. The van der Waals surface area contributed by atoms with Gasteiger partial charge in [-0.3, -0.25) is 0 Å². The molecule has 0 rings (SSSR count). The van der Waals surface area contributed by atoms with Crippen LogP contribution in [0, 0.1) is 17.8 Å². The molecule has 0 aromatic heterocycles. The highest BCUT2D eigenvalue weighted by Gasteiger charge is 2.11. The van der Waals surface area contributed by atoms with Gasteiger partial charge in [-0.2, -0.15) is 0 Å². The zero-order valence-corrected chi connectivity index (χ0v) is 11.5. The van der Waals surface area contributed by atoms with Crippen LogP contribution in [-0.4, -0.2) is 13.1 Å². The van der Waals surface area contributed by atoms with Crippen molar-refractivity contribution in [2.24, 2.45) is 17.8 Å². The van der Waals surface area contributed by atoms with E-state index < -0.39 is 0 Å². The Morgan fingerprint density at radius 1 is 1.00 bits per heavy atom. The van der Waals surface area contributed by atoms with Crippen molar-refractivity contribution < 1.29 is 0 Å². The van der Waals surface area contributed by atoms with E-state index in [1.54, 1.807) is 0 Å². The minimum Gasteiger partial charge on any atom is -0.316 e. The average Bonchev–Trinajstić information content (AvgIpc) is 2.15. The molecule has 1 unspecified atom stereocenters. The minimum atomic E-state index is 0.776. The van der Waals surface area contributed by atoms with Crippen LogP contribution in [0.4, 0.5) is 0 Å². The molecule has 15 heavy (non-hydrogen) atoms. The Bertz CT molecular complexity index is 129. The van der Waals surface area contributed by atoms with Crippen molar-refractivity contribution in [3.05, 3.63) is 0 Å². The Morgan fingerprint density at radius 3 is 2.13 bits per heavy atom. The molecule has 1 N–H and O–H groups in total. The highest BCUT2D eigenvalue weighted by atomic mass is 14.8. The maximum atomic E-state index is 3.55. The molecule has 0 fully saturated rings. The summed E-state index contributed by atoms with van der Waals surface area (Å²) in [4.78, 5) is 0. The molecule has 1 atom stereocenters. The number of unbranched alkanes of at least 4 members (excludes halogenated alkanes) is 1. The van der Waals surface area contributed by atoms with Crippen molar-refractivity contribution in [1.82, 2.24) is 5.32 Å². The molecule has 1 nitrogen and oxygen atoms in total. The molecule has 0 spiro atoms. The summed E-state index contributed by atoms with van der Waals surface area (Å²) in [7, 11) is 0. The van der Waals surface area contributed by atoms with Crippen LogP contribution in [0.1, 0.15) is 60.3 Å². The van der Waals surface area contributed by atoms with Crippen molar-refractivity contribution in [2.45, 2.75) is 60.3 Å². The molecule has 0 saturated heterocycles. The molecule has 0 aromatic rings. The number of hydrogen-bond donors (Lipinski definition) is 1. The third-order valence-electron chi connectivity index (χ3n) is 3.12. The zero-order valence-electron chi connectivity index (χ0n) is 11.5. The van der Waals surface area contributed by atoms with Crippen LogP contribution in [-0.2, 0) is 0 Å². The summed E-state index contributed by atoms with van der Waals surface area (Å²) in [5, 5.41) is 3.55. The molecule has 0 radical (unpaired) electrons. The van der Waals surface area contributed by atoms with Gasteiger partial charge in [-0.15, -0.1) is 0 Å². The van der Waals surface area contributed by atoms with Crippen LogP contribution in [0.3, 0.4) is 0 Å². The first kappa shape index (κ1) is 15.0. The highest BCUT2D eigenvalue weighted by Crippen LogP contribution is 2.21. The Hall–Kier alpha value is -0.0400. The lowest BCUT2D eigenvalue weighted by Crippen LogP contribution is -2.24. The summed E-state index contributed by atoms with van der Waals surface area (Å²) in [6.07, 6.45) is 5.50. The van der Waals surface area contributed by atoms with Gasteiger partial charge in [0, 0.05) is 0 Å². The summed E-state index contributed by atoms with van der Waals surface area (Å²) < 4.78 is 0. The lowest BCUT2D eigenvalue weighted by atomic mass is 9.88. The molecular weight excluding hydrogens is 182 g/mol. The van der Waals surface area contributed by atoms with E-state index in [2.05, 4.69) is 39.9 Å². The monoisotopic (exact) mass is 213 g/mol. The Morgan fingerprint density at radius 2 is 1.67 bits per heavy atom. The molecule has 0 amide bonds. The summed E-state index contributed by atoms with van der Waals surface area (Å²) in [6, 6.07) is 0. The summed E-state index contributed by atoms with van der Waals surface area (Å²) in [6.45, 7) is 13.9. The summed E-state index contributed by atoms with van der Waals surface area (Å²) in [5.41, 5.74) is 0. The van der Waals surface area contributed by atoms with E-state index in [1.807, 2.05) is 0 Å². The van der Waals surface area contributed by atoms with Crippen molar-refractivity contribution >= 4 is 0 Å². The van der Waals surface area contributed by atoms with Gasteiger partial charge in [-0.25, -0.2) is 0 Å². The molecule has 0 bridgehead atoms. The fourth-order valence-corrected chi connectivity index (χ4v) is 1.96. The second kappa shape index (κ2) is 9.21. The van der Waals surface area contributed by atoms with Gasteiger partial charge >= 0.3 is 0 Å². The quantitative estimate of drug-likeness (QED) is 0.569. The Labute approximate surface area is 97.0 Å². The van der Waals surface area contributed by atoms with Gasteiger partial charge in [-0.1, -0.05) is 53.9 Å². The lowest BCUT2D eigenvalue weighted by Gasteiger charge is -2.21. The minimum absolute atomic E-state index is 0.776. The normalized spacial score (nSPS) is 13.8.